The van der Waals surface area contributed by atoms with Gasteiger partial charge in [-0.25, -0.2) is 4.79 Å². The zero-order chi connectivity index (χ0) is 11.4. The Labute approximate surface area is 86.8 Å². The quantitative estimate of drug-likeness (QED) is 0.547. The van der Waals surface area contributed by atoms with Crippen LogP contribution in [0.1, 0.15) is 5.56 Å². The normalized spacial score (nSPS) is 14.5. The SMILES string of the molecule is NC(Cc1ccc(O)cc1)C(O)C(=O)O. The minimum Gasteiger partial charge on any atom is -0.508 e. The zero-order valence-corrected chi connectivity index (χ0v) is 8.00. The van der Waals surface area contributed by atoms with Crippen molar-refractivity contribution in [1.29, 1.82) is 0 Å². The van der Waals surface area contributed by atoms with Crippen LogP contribution in [0.3, 0.4) is 0 Å². The molecule has 0 aliphatic carbocycles. The molecule has 5 heteroatoms. The summed E-state index contributed by atoms with van der Waals surface area (Å²) >= 11 is 0. The van der Waals surface area contributed by atoms with Crippen molar-refractivity contribution in [2.45, 2.75) is 18.6 Å². The topological polar surface area (TPSA) is 104 Å². The molecule has 0 heterocycles. The van der Waals surface area contributed by atoms with Gasteiger partial charge in [0.1, 0.15) is 5.75 Å². The summed E-state index contributed by atoms with van der Waals surface area (Å²) in [6, 6.07) is 5.37. The summed E-state index contributed by atoms with van der Waals surface area (Å²) in [5.74, 6) is -1.20. The maximum absolute atomic E-state index is 10.4. The highest BCUT2D eigenvalue weighted by Crippen LogP contribution is 2.11. The zero-order valence-electron chi connectivity index (χ0n) is 8.00. The fourth-order valence-electron chi connectivity index (χ4n) is 1.20. The van der Waals surface area contributed by atoms with Gasteiger partial charge in [-0.15, -0.1) is 0 Å². The fraction of sp³-hybridized carbons (Fsp3) is 0.300. The lowest BCUT2D eigenvalue weighted by Gasteiger charge is -2.14. The average Bonchev–Trinajstić information content (AvgIpc) is 2.20. The van der Waals surface area contributed by atoms with Gasteiger partial charge in [-0.3, -0.25) is 0 Å². The molecule has 0 bridgehead atoms. The van der Waals surface area contributed by atoms with Gasteiger partial charge in [0.15, 0.2) is 6.10 Å². The number of aliphatic hydroxyl groups excluding tert-OH is 1. The molecule has 0 saturated heterocycles. The number of carboxylic acids is 1. The number of benzene rings is 1. The summed E-state index contributed by atoms with van der Waals surface area (Å²) in [5.41, 5.74) is 6.26. The fourth-order valence-corrected chi connectivity index (χ4v) is 1.20. The number of aliphatic hydroxyl groups is 1. The Morgan fingerprint density at radius 3 is 2.33 bits per heavy atom. The van der Waals surface area contributed by atoms with Crippen molar-refractivity contribution in [2.24, 2.45) is 5.73 Å². The summed E-state index contributed by atoms with van der Waals surface area (Å²) in [4.78, 5) is 10.4. The van der Waals surface area contributed by atoms with Crippen molar-refractivity contribution in [3.63, 3.8) is 0 Å². The molecule has 82 valence electrons. The molecule has 1 rings (SSSR count). The first kappa shape index (κ1) is 11.5. The maximum Gasteiger partial charge on any atom is 0.334 e. The predicted octanol–water partition coefficient (Wildman–Crippen LogP) is -0.293. The second kappa shape index (κ2) is 4.77. The van der Waals surface area contributed by atoms with Crippen molar-refractivity contribution in [2.75, 3.05) is 0 Å². The van der Waals surface area contributed by atoms with Crippen molar-refractivity contribution in [1.82, 2.24) is 0 Å². The van der Waals surface area contributed by atoms with Crippen LogP contribution in [0, 0.1) is 0 Å². The molecular formula is C10H13NO4. The van der Waals surface area contributed by atoms with Gasteiger partial charge in [0.25, 0.3) is 0 Å². The molecule has 2 atom stereocenters. The number of phenolic OH excluding ortho intramolecular Hbond substituents is 1. The Morgan fingerprint density at radius 2 is 1.87 bits per heavy atom. The molecule has 0 radical (unpaired) electrons. The maximum atomic E-state index is 10.4. The van der Waals surface area contributed by atoms with E-state index in [1.165, 1.54) is 12.1 Å². The van der Waals surface area contributed by atoms with E-state index >= 15 is 0 Å². The first-order chi connectivity index (χ1) is 7.00. The number of phenols is 1. The third-order valence-corrected chi connectivity index (χ3v) is 2.07. The lowest BCUT2D eigenvalue weighted by molar-refractivity contribution is -0.147. The smallest absolute Gasteiger partial charge is 0.334 e. The molecule has 1 aromatic carbocycles. The Hall–Kier alpha value is -1.59. The van der Waals surface area contributed by atoms with Crippen LogP contribution in [0.5, 0.6) is 5.75 Å². The summed E-state index contributed by atoms with van der Waals surface area (Å²) in [7, 11) is 0. The molecule has 0 fully saturated rings. The number of carboxylic acid groups (broad SMARTS) is 1. The van der Waals surface area contributed by atoms with Crippen molar-refractivity contribution < 1.29 is 20.1 Å². The molecule has 5 N–H and O–H groups in total. The van der Waals surface area contributed by atoms with E-state index in [4.69, 9.17) is 21.1 Å². The minimum absolute atomic E-state index is 0.131. The monoisotopic (exact) mass is 211 g/mol. The van der Waals surface area contributed by atoms with Crippen LogP contribution in [0.2, 0.25) is 0 Å². The van der Waals surface area contributed by atoms with Crippen LogP contribution in [0.25, 0.3) is 0 Å². The van der Waals surface area contributed by atoms with Gasteiger partial charge in [-0.05, 0) is 24.1 Å². The number of aliphatic carboxylic acids is 1. The van der Waals surface area contributed by atoms with Gasteiger partial charge in [-0.2, -0.15) is 0 Å². The highest BCUT2D eigenvalue weighted by atomic mass is 16.4. The largest absolute Gasteiger partial charge is 0.508 e. The van der Waals surface area contributed by atoms with Crippen LogP contribution in [0.15, 0.2) is 24.3 Å². The predicted molar refractivity (Wildman–Crippen MR) is 53.4 cm³/mol. The Bertz CT molecular complexity index is 336. The van der Waals surface area contributed by atoms with Gasteiger partial charge in [0, 0.05) is 6.04 Å². The van der Waals surface area contributed by atoms with Crippen LogP contribution in [-0.2, 0) is 11.2 Å². The molecule has 0 aliphatic rings. The van der Waals surface area contributed by atoms with Gasteiger partial charge in [0.05, 0.1) is 0 Å². The van der Waals surface area contributed by atoms with E-state index in [1.807, 2.05) is 0 Å². The van der Waals surface area contributed by atoms with Crippen LogP contribution in [0.4, 0.5) is 0 Å². The second-order valence-electron chi connectivity index (χ2n) is 3.32. The standard InChI is InChI=1S/C10H13NO4/c11-8(9(13)10(14)15)5-6-1-3-7(12)4-2-6/h1-4,8-9,12-13H,5,11H2,(H,14,15). The lowest BCUT2D eigenvalue weighted by atomic mass is 10.0. The number of hydrogen-bond acceptors (Lipinski definition) is 4. The summed E-state index contributed by atoms with van der Waals surface area (Å²) in [6.07, 6.45) is -1.33. The summed E-state index contributed by atoms with van der Waals surface area (Å²) in [6.45, 7) is 0. The summed E-state index contributed by atoms with van der Waals surface area (Å²) in [5, 5.41) is 26.7. The molecule has 0 spiro atoms. The molecule has 5 nitrogen and oxygen atoms in total. The Morgan fingerprint density at radius 1 is 1.33 bits per heavy atom. The number of carbonyl (C=O) groups is 1. The first-order valence-electron chi connectivity index (χ1n) is 4.45. The van der Waals surface area contributed by atoms with Gasteiger partial charge in [-0.1, -0.05) is 12.1 Å². The first-order valence-corrected chi connectivity index (χ1v) is 4.45. The van der Waals surface area contributed by atoms with E-state index in [2.05, 4.69) is 0 Å². The molecule has 0 saturated carbocycles. The van der Waals surface area contributed by atoms with E-state index in [9.17, 15) is 4.79 Å². The number of rotatable bonds is 4. The van der Waals surface area contributed by atoms with Crippen molar-refractivity contribution in [3.05, 3.63) is 29.8 Å². The molecule has 0 aromatic heterocycles. The molecule has 0 aliphatic heterocycles. The van der Waals surface area contributed by atoms with Crippen molar-refractivity contribution in [3.8, 4) is 5.75 Å². The second-order valence-corrected chi connectivity index (χ2v) is 3.32. The highest BCUT2D eigenvalue weighted by Gasteiger charge is 2.21. The average molecular weight is 211 g/mol. The lowest BCUT2D eigenvalue weighted by Crippen LogP contribution is -2.41. The number of aromatic hydroxyl groups is 1. The third-order valence-electron chi connectivity index (χ3n) is 2.07. The van der Waals surface area contributed by atoms with Crippen molar-refractivity contribution >= 4 is 5.97 Å². The highest BCUT2D eigenvalue weighted by molar-refractivity contribution is 5.72. The van der Waals surface area contributed by atoms with Crippen LogP contribution in [-0.4, -0.2) is 33.4 Å². The molecular weight excluding hydrogens is 198 g/mol. The molecule has 2 unspecified atom stereocenters. The Kier molecular flexibility index (Phi) is 3.65. The van der Waals surface area contributed by atoms with Crippen LogP contribution >= 0.6 is 0 Å². The molecule has 15 heavy (non-hydrogen) atoms. The molecule has 0 amide bonds. The van der Waals surface area contributed by atoms with E-state index in [-0.39, 0.29) is 12.2 Å². The van der Waals surface area contributed by atoms with E-state index < -0.39 is 18.1 Å². The van der Waals surface area contributed by atoms with E-state index in [0.717, 1.165) is 5.56 Å². The summed E-state index contributed by atoms with van der Waals surface area (Å²) < 4.78 is 0. The number of nitrogens with two attached hydrogens (primary N) is 1. The van der Waals surface area contributed by atoms with Crippen LogP contribution < -0.4 is 5.73 Å². The third kappa shape index (κ3) is 3.23. The minimum atomic E-state index is -1.57. The van der Waals surface area contributed by atoms with Gasteiger partial charge < -0.3 is 21.1 Å². The van der Waals surface area contributed by atoms with Gasteiger partial charge >= 0.3 is 5.97 Å². The number of hydrogen-bond donors (Lipinski definition) is 4. The van der Waals surface area contributed by atoms with E-state index in [1.54, 1.807) is 12.1 Å². The Balaban J connectivity index is 2.62. The molecule has 1 aromatic rings. The van der Waals surface area contributed by atoms with E-state index in [0.29, 0.717) is 0 Å². The van der Waals surface area contributed by atoms with Gasteiger partial charge in [0.2, 0.25) is 0 Å².